The van der Waals surface area contributed by atoms with E-state index in [0.717, 1.165) is 11.1 Å². The smallest absolute Gasteiger partial charge is 0.274 e. The summed E-state index contributed by atoms with van der Waals surface area (Å²) in [6, 6.07) is 23.5. The van der Waals surface area contributed by atoms with Gasteiger partial charge < -0.3 is 26.0 Å². The Morgan fingerprint density at radius 3 is 2.38 bits per heavy atom. The zero-order valence-electron chi connectivity index (χ0n) is 24.4. The molecule has 0 fully saturated rings. The molecule has 0 saturated heterocycles. The normalized spacial score (nSPS) is 16.9. The molecule has 4 N–H and O–H groups in total. The Labute approximate surface area is 259 Å². The maximum Gasteiger partial charge on any atom is 0.274 e. The van der Waals surface area contributed by atoms with Gasteiger partial charge in [-0.1, -0.05) is 48.5 Å². The van der Waals surface area contributed by atoms with Gasteiger partial charge in [0, 0.05) is 31.5 Å². The monoisotopic (exact) mass is 605 g/mol. The summed E-state index contributed by atoms with van der Waals surface area (Å²) in [7, 11) is 0. The first-order chi connectivity index (χ1) is 21.7. The Morgan fingerprint density at radius 1 is 0.911 bits per heavy atom. The number of pyridine rings is 1. The minimum atomic E-state index is -1.03. The number of carbonyl (C=O) groups excluding carboxylic acids is 5. The maximum atomic E-state index is 13.4. The van der Waals surface area contributed by atoms with Crippen molar-refractivity contribution in [3.63, 3.8) is 0 Å². The average Bonchev–Trinajstić information content (AvgIpc) is 3.04. The van der Waals surface area contributed by atoms with Crippen LogP contribution in [-0.4, -0.2) is 53.0 Å². The Bertz CT molecular complexity index is 1710. The molecule has 4 bridgehead atoms. The van der Waals surface area contributed by atoms with Gasteiger partial charge in [-0.05, 0) is 53.6 Å². The zero-order valence-corrected chi connectivity index (χ0v) is 24.4. The molecule has 7 rings (SSSR count). The lowest BCUT2D eigenvalue weighted by molar-refractivity contribution is -0.131. The van der Waals surface area contributed by atoms with Crippen molar-refractivity contribution in [1.82, 2.24) is 20.9 Å². The molecule has 11 nitrogen and oxygen atoms in total. The highest BCUT2D eigenvalue weighted by Gasteiger charge is 2.27. The molecule has 0 saturated carbocycles. The molecule has 11 heteroatoms. The van der Waals surface area contributed by atoms with Crippen molar-refractivity contribution in [2.45, 2.75) is 31.8 Å². The number of ether oxygens (including phenoxy) is 1. The molecule has 2 atom stereocenters. The zero-order chi connectivity index (χ0) is 31.8. The molecule has 4 amide bonds. The first kappa shape index (κ1) is 30.6. The van der Waals surface area contributed by atoms with Crippen molar-refractivity contribution in [1.29, 1.82) is 0 Å². The summed E-state index contributed by atoms with van der Waals surface area (Å²) in [6.45, 7) is 0.939. The van der Waals surface area contributed by atoms with Crippen molar-refractivity contribution in [2.24, 2.45) is 0 Å². The van der Waals surface area contributed by atoms with E-state index in [4.69, 9.17) is 4.74 Å². The third-order valence-electron chi connectivity index (χ3n) is 7.07. The molecule has 4 aromatic rings. The molecule has 0 unspecified atom stereocenters. The predicted molar refractivity (Wildman–Crippen MR) is 166 cm³/mol. The van der Waals surface area contributed by atoms with E-state index in [1.165, 1.54) is 19.2 Å². The molecule has 0 spiro atoms. The number of carbonyl (C=O) groups is 5. The van der Waals surface area contributed by atoms with E-state index >= 15 is 0 Å². The fraction of sp³-hybridized carbons (Fsp3) is 0.176. The Balaban J connectivity index is 1.50. The highest BCUT2D eigenvalue weighted by atomic mass is 16.5. The van der Waals surface area contributed by atoms with Crippen LogP contribution in [0.3, 0.4) is 0 Å². The van der Waals surface area contributed by atoms with E-state index in [0.29, 0.717) is 5.75 Å². The lowest BCUT2D eigenvalue weighted by Crippen LogP contribution is -2.55. The van der Waals surface area contributed by atoms with Gasteiger partial charge in [-0.15, -0.1) is 0 Å². The molecule has 45 heavy (non-hydrogen) atoms. The molecule has 3 aromatic carbocycles. The average molecular weight is 606 g/mol. The van der Waals surface area contributed by atoms with Crippen LogP contribution in [0.2, 0.25) is 0 Å². The second-order valence-electron chi connectivity index (χ2n) is 10.5. The molecular weight excluding hydrogens is 574 g/mol. The molecular formula is C34H31N5O6. The second-order valence-corrected chi connectivity index (χ2v) is 10.5. The highest BCUT2D eigenvalue weighted by molar-refractivity contribution is 6.06. The van der Waals surface area contributed by atoms with Gasteiger partial charge in [-0.3, -0.25) is 29.0 Å². The quantitative estimate of drug-likeness (QED) is 0.272. The predicted octanol–water partition coefficient (Wildman–Crippen LogP) is 3.21. The fourth-order valence-corrected chi connectivity index (χ4v) is 4.81. The highest BCUT2D eigenvalue weighted by Crippen LogP contribution is 2.31. The third kappa shape index (κ3) is 8.17. The second kappa shape index (κ2) is 14.1. The number of hydrogen-bond donors (Lipinski definition) is 4. The summed E-state index contributed by atoms with van der Waals surface area (Å²) in [5, 5.41) is 10.8. The van der Waals surface area contributed by atoms with E-state index in [2.05, 4.69) is 26.3 Å². The number of nitrogens with one attached hydrogen (secondary N) is 4. The number of anilines is 1. The van der Waals surface area contributed by atoms with Crippen LogP contribution in [0.15, 0.2) is 97.2 Å². The first-order valence-corrected chi connectivity index (χ1v) is 14.3. The molecule has 3 aliphatic heterocycles. The topological polar surface area (TPSA) is 156 Å². The van der Waals surface area contributed by atoms with Crippen LogP contribution in [0.1, 0.15) is 38.9 Å². The van der Waals surface area contributed by atoms with E-state index in [-0.39, 0.29) is 42.1 Å². The summed E-state index contributed by atoms with van der Waals surface area (Å²) >= 11 is 0. The molecule has 1 aromatic heterocycles. The number of Topliss-reactive ketones (excluding diaryl/α,β-unsaturated/α-hetero) is 1. The molecule has 0 radical (unpaired) electrons. The summed E-state index contributed by atoms with van der Waals surface area (Å²) in [6.07, 6.45) is 1.79. The number of benzene rings is 3. The van der Waals surface area contributed by atoms with Crippen LogP contribution in [0.25, 0.3) is 0 Å². The lowest BCUT2D eigenvalue weighted by Gasteiger charge is -2.23. The van der Waals surface area contributed by atoms with Crippen molar-refractivity contribution < 1.29 is 28.7 Å². The lowest BCUT2D eigenvalue weighted by atomic mass is 10.0. The van der Waals surface area contributed by atoms with Gasteiger partial charge in [0.25, 0.3) is 5.91 Å². The van der Waals surface area contributed by atoms with Crippen LogP contribution < -0.4 is 26.0 Å². The number of nitrogens with zero attached hydrogens (tertiary/aromatic N) is 1. The third-order valence-corrected chi connectivity index (χ3v) is 7.07. The number of hydrogen-bond acceptors (Lipinski definition) is 7. The van der Waals surface area contributed by atoms with Crippen LogP contribution in [0.5, 0.6) is 11.5 Å². The van der Waals surface area contributed by atoms with Gasteiger partial charge in [-0.2, -0.15) is 0 Å². The van der Waals surface area contributed by atoms with Crippen molar-refractivity contribution >= 4 is 35.1 Å². The van der Waals surface area contributed by atoms with Crippen LogP contribution in [0, 0.1) is 0 Å². The summed E-state index contributed by atoms with van der Waals surface area (Å²) < 4.78 is 6.07. The Morgan fingerprint density at radius 2 is 1.67 bits per heavy atom. The number of fused-ring (bicyclic) bond motifs is 2. The van der Waals surface area contributed by atoms with Crippen LogP contribution in [0.4, 0.5) is 5.69 Å². The Kier molecular flexibility index (Phi) is 9.58. The van der Waals surface area contributed by atoms with E-state index in [1.54, 1.807) is 54.6 Å². The summed E-state index contributed by atoms with van der Waals surface area (Å²) in [5.41, 5.74) is 2.14. The van der Waals surface area contributed by atoms with Gasteiger partial charge in [0.2, 0.25) is 17.7 Å². The van der Waals surface area contributed by atoms with Crippen molar-refractivity contribution in [3.8, 4) is 11.5 Å². The maximum absolute atomic E-state index is 13.4. The van der Waals surface area contributed by atoms with E-state index in [9.17, 15) is 24.0 Å². The SMILES string of the molecule is CC(=O)N[C@H]1Cc2ccc(cc2)Oc2ccc(cc2NC(=O)c2ccccn2)C(=O)CNC(=O)[C@H](Cc2ccccc2)NC1=O. The minimum absolute atomic E-state index is 0.143. The van der Waals surface area contributed by atoms with E-state index in [1.807, 2.05) is 30.3 Å². The van der Waals surface area contributed by atoms with Crippen LogP contribution >= 0.6 is 0 Å². The summed E-state index contributed by atoms with van der Waals surface area (Å²) in [4.78, 5) is 69.1. The van der Waals surface area contributed by atoms with Gasteiger partial charge in [0.05, 0.1) is 12.2 Å². The molecule has 0 aliphatic carbocycles. The van der Waals surface area contributed by atoms with Crippen molar-refractivity contribution in [2.75, 3.05) is 11.9 Å². The fourth-order valence-electron chi connectivity index (χ4n) is 4.81. The number of ketones is 1. The number of rotatable bonds is 5. The summed E-state index contributed by atoms with van der Waals surface area (Å²) in [5.74, 6) is -1.76. The Hall–Kier alpha value is -5.84. The minimum Gasteiger partial charge on any atom is -0.455 e. The molecule has 228 valence electrons. The van der Waals surface area contributed by atoms with Crippen molar-refractivity contribution in [3.05, 3.63) is 120 Å². The van der Waals surface area contributed by atoms with E-state index < -0.39 is 41.5 Å². The van der Waals surface area contributed by atoms with Gasteiger partial charge in [-0.25, -0.2) is 0 Å². The standard InChI is InChI=1S/C34H31N5O6/c1-21(40)37-29-18-23-10-13-25(14-11-23)45-31-15-12-24(19-27(31)38-33(43)26-9-5-6-16-35-26)30(41)20-36-32(42)28(39-34(29)44)17-22-7-3-2-4-8-22/h2-16,19,28-29H,17-18,20H2,1H3,(H,36,42)(H,37,40)(H,38,43)(H,39,44)/t28-,29-/m0/s1. The number of amides is 4. The van der Waals surface area contributed by atoms with Crippen LogP contribution in [-0.2, 0) is 27.2 Å². The van der Waals surface area contributed by atoms with Gasteiger partial charge >= 0.3 is 0 Å². The molecule has 3 aliphatic rings. The molecule has 4 heterocycles. The van der Waals surface area contributed by atoms with Gasteiger partial charge in [0.15, 0.2) is 11.5 Å². The van der Waals surface area contributed by atoms with Gasteiger partial charge in [0.1, 0.15) is 23.5 Å². The first-order valence-electron chi connectivity index (χ1n) is 14.3. The number of aromatic nitrogens is 1. The largest absolute Gasteiger partial charge is 0.455 e.